The van der Waals surface area contributed by atoms with E-state index >= 15 is 0 Å². The summed E-state index contributed by atoms with van der Waals surface area (Å²) in [6, 6.07) is 15.4. The first-order chi connectivity index (χ1) is 13.9. The molecule has 0 amide bonds. The van der Waals surface area contributed by atoms with Crippen molar-refractivity contribution in [2.75, 3.05) is 13.1 Å². The van der Waals surface area contributed by atoms with Gasteiger partial charge in [-0.15, -0.1) is 0 Å². The van der Waals surface area contributed by atoms with Crippen LogP contribution in [0.15, 0.2) is 42.5 Å². The maximum atomic E-state index is 7.09. The predicted octanol–water partition coefficient (Wildman–Crippen LogP) is 5.39. The van der Waals surface area contributed by atoms with Crippen LogP contribution in [0.3, 0.4) is 0 Å². The van der Waals surface area contributed by atoms with E-state index in [-0.39, 0.29) is 19.6 Å². The summed E-state index contributed by atoms with van der Waals surface area (Å²) in [4.78, 5) is 2.80. The molecule has 2 heterocycles. The van der Waals surface area contributed by atoms with E-state index in [1.165, 1.54) is 47.2 Å². The second-order valence-electron chi connectivity index (χ2n) is 10.3. The SMILES string of the molecule is Cc1cc(C)c([C@@]2(OCc3ccccc3)CN3C[C@@H](C)[C@@H]4CC[C@H]2[C@@]43C)c(C)c1.[B]. The number of ether oxygens (including phenoxy) is 1. The maximum absolute atomic E-state index is 7.09. The first kappa shape index (κ1) is 21.6. The zero-order valence-electron chi connectivity index (χ0n) is 19.2. The summed E-state index contributed by atoms with van der Waals surface area (Å²) in [6.45, 7) is 14.8. The number of hydrogen-bond acceptors (Lipinski definition) is 2. The Morgan fingerprint density at radius 3 is 2.37 bits per heavy atom. The van der Waals surface area contributed by atoms with Gasteiger partial charge in [-0.25, -0.2) is 0 Å². The fraction of sp³-hybridized carbons (Fsp3) is 0.556. The third-order valence-electron chi connectivity index (χ3n) is 8.53. The van der Waals surface area contributed by atoms with Gasteiger partial charge in [0.1, 0.15) is 5.60 Å². The molecule has 0 N–H and O–H groups in total. The van der Waals surface area contributed by atoms with E-state index < -0.39 is 0 Å². The highest BCUT2D eigenvalue weighted by Gasteiger charge is 2.69. The van der Waals surface area contributed by atoms with E-state index in [2.05, 4.69) is 82.0 Å². The Balaban J connectivity index is 0.00000218. The molecule has 2 aliphatic heterocycles. The molecule has 30 heavy (non-hydrogen) atoms. The molecule has 0 bridgehead atoms. The Labute approximate surface area is 184 Å². The summed E-state index contributed by atoms with van der Waals surface area (Å²) < 4.78 is 7.09. The fourth-order valence-corrected chi connectivity index (χ4v) is 7.62. The molecule has 0 aromatic heterocycles. The standard InChI is InChI=1S/C27H35NO.B/c1-18-13-19(2)25(20(3)14-18)27(29-16-22-9-7-6-8-10-22)17-28-15-21(4)23-11-12-24(27)26(23,28)5;/h6-10,13-14,21,23-24H,11-12,15-17H2,1-5H3;/t21-,23+,24+,26-,27-;/m1./s1. The molecule has 2 aromatic rings. The van der Waals surface area contributed by atoms with Crippen LogP contribution in [0.4, 0.5) is 0 Å². The van der Waals surface area contributed by atoms with Gasteiger partial charge in [-0.05, 0) is 74.6 Å². The van der Waals surface area contributed by atoms with Crippen molar-refractivity contribution >= 4 is 8.41 Å². The van der Waals surface area contributed by atoms with Gasteiger partial charge in [0.25, 0.3) is 0 Å². The van der Waals surface area contributed by atoms with Crippen LogP contribution in [-0.4, -0.2) is 31.9 Å². The Bertz CT molecular complexity index is 905. The van der Waals surface area contributed by atoms with Crippen molar-refractivity contribution in [3.05, 3.63) is 70.3 Å². The van der Waals surface area contributed by atoms with Crippen molar-refractivity contribution in [2.45, 2.75) is 65.2 Å². The van der Waals surface area contributed by atoms with Crippen LogP contribution in [0, 0.1) is 38.5 Å². The van der Waals surface area contributed by atoms with Crippen LogP contribution in [-0.2, 0) is 16.9 Å². The number of nitrogens with zero attached hydrogens (tertiary/aromatic N) is 1. The lowest BCUT2D eigenvalue weighted by Crippen LogP contribution is -2.44. The van der Waals surface area contributed by atoms with Gasteiger partial charge in [0, 0.05) is 33.0 Å². The van der Waals surface area contributed by atoms with Crippen LogP contribution in [0.25, 0.3) is 0 Å². The molecule has 1 saturated carbocycles. The molecular formula is C27H35BNO. The predicted molar refractivity (Wildman–Crippen MR) is 125 cm³/mol. The summed E-state index contributed by atoms with van der Waals surface area (Å²) in [6.07, 6.45) is 2.63. The zero-order valence-corrected chi connectivity index (χ0v) is 19.2. The minimum Gasteiger partial charge on any atom is -0.364 e. The smallest absolute Gasteiger partial charge is 0.111 e. The van der Waals surface area contributed by atoms with E-state index in [1.807, 2.05) is 0 Å². The average Bonchev–Trinajstić information content (AvgIpc) is 3.23. The molecule has 3 aliphatic rings. The third kappa shape index (κ3) is 2.92. The summed E-state index contributed by atoms with van der Waals surface area (Å²) in [5.74, 6) is 2.17. The summed E-state index contributed by atoms with van der Waals surface area (Å²) in [5, 5.41) is 0. The molecule has 5 rings (SSSR count). The largest absolute Gasteiger partial charge is 0.364 e. The Kier molecular flexibility index (Phi) is 5.44. The van der Waals surface area contributed by atoms with Crippen LogP contribution < -0.4 is 0 Å². The Hall–Kier alpha value is -1.58. The van der Waals surface area contributed by atoms with Gasteiger partial charge in [0.2, 0.25) is 0 Å². The molecule has 0 unspecified atom stereocenters. The van der Waals surface area contributed by atoms with Crippen molar-refractivity contribution in [2.24, 2.45) is 17.8 Å². The minimum absolute atomic E-state index is 0. The number of aryl methyl sites for hydroxylation is 3. The lowest BCUT2D eigenvalue weighted by molar-refractivity contribution is -0.0879. The number of hydrogen-bond donors (Lipinski definition) is 0. The van der Waals surface area contributed by atoms with Crippen molar-refractivity contribution in [1.29, 1.82) is 0 Å². The van der Waals surface area contributed by atoms with Gasteiger partial charge in [0.15, 0.2) is 0 Å². The van der Waals surface area contributed by atoms with Crippen LogP contribution in [0.5, 0.6) is 0 Å². The molecule has 2 nitrogen and oxygen atoms in total. The summed E-state index contributed by atoms with van der Waals surface area (Å²) >= 11 is 0. The first-order valence-corrected chi connectivity index (χ1v) is 11.4. The lowest BCUT2D eigenvalue weighted by Gasteiger charge is -2.40. The number of benzene rings is 2. The van der Waals surface area contributed by atoms with Crippen molar-refractivity contribution < 1.29 is 4.74 Å². The normalized spacial score (nSPS) is 34.8. The molecule has 3 fully saturated rings. The second-order valence-corrected chi connectivity index (χ2v) is 10.3. The van der Waals surface area contributed by atoms with Gasteiger partial charge in [-0.3, -0.25) is 4.90 Å². The fourth-order valence-electron chi connectivity index (χ4n) is 7.62. The monoisotopic (exact) mass is 400 g/mol. The first-order valence-electron chi connectivity index (χ1n) is 11.4. The maximum Gasteiger partial charge on any atom is 0.111 e. The summed E-state index contributed by atoms with van der Waals surface area (Å²) in [7, 11) is 0. The highest BCUT2D eigenvalue weighted by atomic mass is 16.5. The summed E-state index contributed by atoms with van der Waals surface area (Å²) in [5.41, 5.74) is 6.96. The van der Waals surface area contributed by atoms with E-state index in [9.17, 15) is 0 Å². The molecule has 3 radical (unpaired) electrons. The van der Waals surface area contributed by atoms with Gasteiger partial charge >= 0.3 is 0 Å². The third-order valence-corrected chi connectivity index (χ3v) is 8.53. The molecule has 1 aliphatic carbocycles. The van der Waals surface area contributed by atoms with Gasteiger partial charge in [0.05, 0.1) is 6.61 Å². The topological polar surface area (TPSA) is 12.5 Å². The van der Waals surface area contributed by atoms with Crippen molar-refractivity contribution in [3.8, 4) is 0 Å². The highest BCUT2D eigenvalue weighted by molar-refractivity contribution is 5.75. The van der Waals surface area contributed by atoms with Gasteiger partial charge < -0.3 is 4.74 Å². The molecular weight excluding hydrogens is 365 g/mol. The molecule has 157 valence electrons. The molecule has 2 aromatic carbocycles. The van der Waals surface area contributed by atoms with E-state index in [4.69, 9.17) is 4.74 Å². The van der Waals surface area contributed by atoms with E-state index in [0.717, 1.165) is 18.4 Å². The highest BCUT2D eigenvalue weighted by Crippen LogP contribution is 2.64. The Morgan fingerprint density at radius 1 is 1.03 bits per heavy atom. The molecule has 2 saturated heterocycles. The van der Waals surface area contributed by atoms with Crippen LogP contribution in [0.2, 0.25) is 0 Å². The number of rotatable bonds is 4. The average molecular weight is 400 g/mol. The molecule has 3 heteroatoms. The van der Waals surface area contributed by atoms with Gasteiger partial charge in [-0.2, -0.15) is 0 Å². The molecule has 5 atom stereocenters. The van der Waals surface area contributed by atoms with Crippen molar-refractivity contribution in [3.63, 3.8) is 0 Å². The Morgan fingerprint density at radius 2 is 1.70 bits per heavy atom. The van der Waals surface area contributed by atoms with Crippen molar-refractivity contribution in [1.82, 2.24) is 4.90 Å². The second kappa shape index (κ2) is 7.53. The lowest BCUT2D eigenvalue weighted by atomic mass is 9.71. The van der Waals surface area contributed by atoms with Crippen LogP contribution in [0.1, 0.15) is 54.5 Å². The quantitative estimate of drug-likeness (QED) is 0.638. The van der Waals surface area contributed by atoms with E-state index in [1.54, 1.807) is 0 Å². The van der Waals surface area contributed by atoms with E-state index in [0.29, 0.717) is 12.5 Å². The molecule has 0 spiro atoms. The van der Waals surface area contributed by atoms with Crippen LogP contribution >= 0.6 is 0 Å². The zero-order chi connectivity index (χ0) is 20.4. The minimum atomic E-state index is -0.207. The van der Waals surface area contributed by atoms with Gasteiger partial charge in [-0.1, -0.05) is 55.0 Å².